The van der Waals surface area contributed by atoms with Gasteiger partial charge in [-0.3, -0.25) is 9.80 Å². The van der Waals surface area contributed by atoms with Crippen LogP contribution in [0.1, 0.15) is 31.2 Å². The molecule has 27 heavy (non-hydrogen) atoms. The van der Waals surface area contributed by atoms with E-state index in [1.165, 1.54) is 0 Å². The lowest BCUT2D eigenvalue weighted by molar-refractivity contribution is 0.251. The van der Waals surface area contributed by atoms with E-state index in [-0.39, 0.29) is 6.03 Å². The molecule has 1 aromatic carbocycles. The fraction of sp³-hybridized carbons (Fsp3) is 0.421. The van der Waals surface area contributed by atoms with Crippen molar-refractivity contribution in [3.63, 3.8) is 0 Å². The number of carbonyl (C=O) groups is 1. The fourth-order valence-corrected chi connectivity index (χ4v) is 3.92. The van der Waals surface area contributed by atoms with E-state index in [1.807, 2.05) is 18.2 Å². The van der Waals surface area contributed by atoms with E-state index < -0.39 is 0 Å². The first-order valence-electron chi connectivity index (χ1n) is 9.20. The molecule has 1 aliphatic heterocycles. The second-order valence-corrected chi connectivity index (χ2v) is 7.58. The van der Waals surface area contributed by atoms with Gasteiger partial charge in [0.25, 0.3) is 0 Å². The molecule has 0 atom stereocenters. The summed E-state index contributed by atoms with van der Waals surface area (Å²) in [6, 6.07) is 7.78. The third kappa shape index (κ3) is 3.57. The maximum Gasteiger partial charge on any atom is 0.330 e. The largest absolute Gasteiger partial charge is 0.351 e. The topological polar surface area (TPSA) is 87.4 Å². The summed E-state index contributed by atoms with van der Waals surface area (Å²) in [5, 5.41) is 3.93. The summed E-state index contributed by atoms with van der Waals surface area (Å²) < 4.78 is 0. The van der Waals surface area contributed by atoms with Gasteiger partial charge in [0.1, 0.15) is 5.82 Å². The first-order chi connectivity index (χ1) is 13.0. The Morgan fingerprint density at radius 1 is 1.22 bits per heavy atom. The van der Waals surface area contributed by atoms with Gasteiger partial charge >= 0.3 is 6.03 Å². The number of nitrogens with zero attached hydrogens (tertiary/aromatic N) is 4. The molecule has 0 unspecified atom stereocenters. The van der Waals surface area contributed by atoms with Gasteiger partial charge in [-0.15, -0.1) is 0 Å². The normalized spacial score (nSPS) is 22.6. The zero-order valence-electron chi connectivity index (χ0n) is 15.2. The zero-order valence-corrected chi connectivity index (χ0v) is 16.0. The van der Waals surface area contributed by atoms with Crippen molar-refractivity contribution in [3.8, 4) is 0 Å². The Balaban J connectivity index is 1.56. The molecule has 4 rings (SSSR count). The first kappa shape index (κ1) is 18.0. The van der Waals surface area contributed by atoms with Crippen LogP contribution in [-0.2, 0) is 6.54 Å². The van der Waals surface area contributed by atoms with Crippen LogP contribution in [0, 0.1) is 0 Å². The molecular formula is C19H23ClN6O. The fourth-order valence-electron chi connectivity index (χ4n) is 3.68. The lowest BCUT2D eigenvalue weighted by atomic mass is 9.92. The van der Waals surface area contributed by atoms with Crippen LogP contribution in [0.15, 0.2) is 30.5 Å². The molecule has 1 aromatic heterocycles. The number of hydrogen-bond acceptors (Lipinski definition) is 5. The minimum atomic E-state index is -0.163. The molecule has 2 heterocycles. The molecule has 0 radical (unpaired) electrons. The Kier molecular flexibility index (Phi) is 4.88. The molecule has 0 saturated heterocycles. The minimum absolute atomic E-state index is 0.163. The number of halogens is 1. The Morgan fingerprint density at radius 2 is 1.96 bits per heavy atom. The number of rotatable bonds is 3. The summed E-state index contributed by atoms with van der Waals surface area (Å²) in [7, 11) is 1.72. The molecule has 0 bridgehead atoms. The third-order valence-electron chi connectivity index (χ3n) is 5.25. The Labute approximate surface area is 163 Å². The van der Waals surface area contributed by atoms with Gasteiger partial charge in [-0.1, -0.05) is 23.7 Å². The van der Waals surface area contributed by atoms with Crippen LogP contribution in [-0.4, -0.2) is 35.1 Å². The molecule has 1 saturated carbocycles. The van der Waals surface area contributed by atoms with E-state index >= 15 is 0 Å². The van der Waals surface area contributed by atoms with Crippen molar-refractivity contribution in [2.24, 2.45) is 5.73 Å². The lowest BCUT2D eigenvalue weighted by Gasteiger charge is -2.34. The first-order valence-corrected chi connectivity index (χ1v) is 9.58. The quantitative estimate of drug-likeness (QED) is 0.844. The molecule has 2 aliphatic rings. The molecule has 2 aromatic rings. The second-order valence-electron chi connectivity index (χ2n) is 7.18. The van der Waals surface area contributed by atoms with Crippen LogP contribution in [0.5, 0.6) is 0 Å². The van der Waals surface area contributed by atoms with E-state index in [4.69, 9.17) is 17.3 Å². The van der Waals surface area contributed by atoms with Crippen LogP contribution >= 0.6 is 11.6 Å². The number of anilines is 3. The minimum Gasteiger partial charge on any atom is -0.351 e. The maximum atomic E-state index is 12.9. The third-order valence-corrected chi connectivity index (χ3v) is 5.57. The molecule has 0 spiro atoms. The highest BCUT2D eigenvalue weighted by atomic mass is 35.5. The van der Waals surface area contributed by atoms with Crippen LogP contribution < -0.4 is 20.9 Å². The van der Waals surface area contributed by atoms with Gasteiger partial charge in [0, 0.05) is 30.9 Å². The van der Waals surface area contributed by atoms with Crippen molar-refractivity contribution in [1.82, 2.24) is 9.97 Å². The van der Waals surface area contributed by atoms with Gasteiger partial charge in [0.2, 0.25) is 5.95 Å². The van der Waals surface area contributed by atoms with E-state index in [1.54, 1.807) is 29.1 Å². The Bertz CT molecular complexity index is 852. The molecule has 3 N–H and O–H groups in total. The van der Waals surface area contributed by atoms with Gasteiger partial charge < -0.3 is 11.1 Å². The number of nitrogens with two attached hydrogens (primary N) is 1. The van der Waals surface area contributed by atoms with E-state index in [0.29, 0.717) is 41.1 Å². The Hall–Kier alpha value is -2.38. The number of hydrogen-bond donors (Lipinski definition) is 2. The van der Waals surface area contributed by atoms with Crippen LogP contribution in [0.3, 0.4) is 0 Å². The van der Waals surface area contributed by atoms with Crippen molar-refractivity contribution in [2.45, 2.75) is 44.3 Å². The van der Waals surface area contributed by atoms with Gasteiger partial charge in [0.15, 0.2) is 0 Å². The molecule has 8 heteroatoms. The molecule has 1 aliphatic carbocycles. The summed E-state index contributed by atoms with van der Waals surface area (Å²) in [6.45, 7) is 0.390. The highest BCUT2D eigenvalue weighted by Gasteiger charge is 2.31. The second kappa shape index (κ2) is 7.32. The van der Waals surface area contributed by atoms with E-state index in [2.05, 4.69) is 15.3 Å². The standard InChI is InChI=1S/C19H23ClN6O/c1-25-17-12(11-26(19(25)27)16-5-3-2-4-15(16)20)10-22-18(24-17)23-14-8-6-13(21)7-9-14/h2-5,10,13-14H,6-9,11,21H2,1H3,(H,22,23,24)/t13-,14-. The summed E-state index contributed by atoms with van der Waals surface area (Å²) in [5.41, 5.74) is 7.53. The van der Waals surface area contributed by atoms with Gasteiger partial charge in [-0.05, 0) is 37.8 Å². The molecule has 1 fully saturated rings. The monoisotopic (exact) mass is 386 g/mol. The van der Waals surface area contributed by atoms with E-state index in [9.17, 15) is 4.79 Å². The summed E-state index contributed by atoms with van der Waals surface area (Å²) >= 11 is 6.28. The smallest absolute Gasteiger partial charge is 0.330 e. The van der Waals surface area contributed by atoms with Crippen molar-refractivity contribution in [1.29, 1.82) is 0 Å². The predicted molar refractivity (Wildman–Crippen MR) is 107 cm³/mol. The van der Waals surface area contributed by atoms with Crippen LogP contribution in [0.25, 0.3) is 0 Å². The number of nitrogens with one attached hydrogen (secondary N) is 1. The molecule has 7 nitrogen and oxygen atoms in total. The summed E-state index contributed by atoms with van der Waals surface area (Å²) in [5.74, 6) is 1.19. The SMILES string of the molecule is CN1C(=O)N(c2ccccc2Cl)Cc2cnc(N[C@H]3CC[C@H](N)CC3)nc21. The summed E-state index contributed by atoms with van der Waals surface area (Å²) in [6.07, 6.45) is 5.82. The van der Waals surface area contributed by atoms with Crippen LogP contribution in [0.4, 0.5) is 22.2 Å². The highest BCUT2D eigenvalue weighted by molar-refractivity contribution is 6.34. The number of urea groups is 1. The number of fused-ring (bicyclic) bond motifs is 1. The van der Waals surface area contributed by atoms with Crippen molar-refractivity contribution < 1.29 is 4.79 Å². The average molecular weight is 387 g/mol. The van der Waals surface area contributed by atoms with Gasteiger partial charge in [0.05, 0.1) is 17.3 Å². The molecular weight excluding hydrogens is 364 g/mol. The van der Waals surface area contributed by atoms with Crippen molar-refractivity contribution in [2.75, 3.05) is 22.2 Å². The zero-order chi connectivity index (χ0) is 19.0. The molecule has 142 valence electrons. The highest BCUT2D eigenvalue weighted by Crippen LogP contribution is 2.33. The van der Waals surface area contributed by atoms with E-state index in [0.717, 1.165) is 31.2 Å². The summed E-state index contributed by atoms with van der Waals surface area (Å²) in [4.78, 5) is 25.1. The van der Waals surface area contributed by atoms with Crippen LogP contribution in [0.2, 0.25) is 5.02 Å². The van der Waals surface area contributed by atoms with Crippen molar-refractivity contribution in [3.05, 3.63) is 41.0 Å². The number of carbonyl (C=O) groups excluding carboxylic acids is 1. The molecule has 2 amide bonds. The Morgan fingerprint density at radius 3 is 2.70 bits per heavy atom. The number of aromatic nitrogens is 2. The number of benzene rings is 1. The van der Waals surface area contributed by atoms with Gasteiger partial charge in [-0.25, -0.2) is 9.78 Å². The number of amides is 2. The lowest BCUT2D eigenvalue weighted by Crippen LogP contribution is -2.46. The van der Waals surface area contributed by atoms with Crippen molar-refractivity contribution >= 4 is 35.1 Å². The predicted octanol–water partition coefficient (Wildman–Crippen LogP) is 3.39. The van der Waals surface area contributed by atoms with Gasteiger partial charge in [-0.2, -0.15) is 4.98 Å². The number of para-hydroxylation sites is 1. The maximum absolute atomic E-state index is 12.9. The average Bonchev–Trinajstić information content (AvgIpc) is 2.67.